The lowest BCUT2D eigenvalue weighted by Crippen LogP contribution is -2.13. The van der Waals surface area contributed by atoms with E-state index in [0.29, 0.717) is 29.7 Å². The lowest BCUT2D eigenvalue weighted by molar-refractivity contribution is 0.310. The Labute approximate surface area is 107 Å². The first-order valence-electron chi connectivity index (χ1n) is 5.53. The van der Waals surface area contributed by atoms with Crippen molar-refractivity contribution in [3.05, 3.63) is 35.4 Å². The van der Waals surface area contributed by atoms with Crippen LogP contribution in [0.4, 0.5) is 0 Å². The molecule has 0 aliphatic rings. The Morgan fingerprint density at radius 3 is 2.76 bits per heavy atom. The van der Waals surface area contributed by atoms with Gasteiger partial charge in [0.15, 0.2) is 11.5 Å². The predicted octanol–water partition coefficient (Wildman–Crippen LogP) is 3.02. The van der Waals surface area contributed by atoms with Crippen molar-refractivity contribution in [2.24, 2.45) is 0 Å². The molecule has 1 rings (SSSR count). The Hall–Kier alpha value is -1.19. The highest BCUT2D eigenvalue weighted by Crippen LogP contribution is 2.33. The first-order chi connectivity index (χ1) is 8.22. The van der Waals surface area contributed by atoms with E-state index in [-0.39, 0.29) is 0 Å². The van der Waals surface area contributed by atoms with Crippen LogP contribution in [0.2, 0.25) is 5.02 Å². The zero-order chi connectivity index (χ0) is 12.7. The SMILES string of the molecule is C=CCNCc1cc(OC)c(OCC)cc1Cl. The maximum absolute atomic E-state index is 6.17. The second kappa shape index (κ2) is 7.20. The van der Waals surface area contributed by atoms with Crippen LogP contribution in [-0.2, 0) is 6.54 Å². The molecule has 0 amide bonds. The van der Waals surface area contributed by atoms with Gasteiger partial charge in [-0.05, 0) is 18.6 Å². The molecular weight excluding hydrogens is 238 g/mol. The molecule has 1 aromatic rings. The summed E-state index contributed by atoms with van der Waals surface area (Å²) in [5, 5.41) is 3.87. The molecule has 3 nitrogen and oxygen atoms in total. The average Bonchev–Trinajstić information content (AvgIpc) is 2.32. The van der Waals surface area contributed by atoms with E-state index in [1.807, 2.05) is 13.0 Å². The molecule has 1 N–H and O–H groups in total. The van der Waals surface area contributed by atoms with E-state index in [9.17, 15) is 0 Å². The Bertz CT molecular complexity index is 380. The van der Waals surface area contributed by atoms with Crippen molar-refractivity contribution in [3.8, 4) is 11.5 Å². The van der Waals surface area contributed by atoms with Crippen LogP contribution < -0.4 is 14.8 Å². The van der Waals surface area contributed by atoms with Crippen LogP contribution in [0.3, 0.4) is 0 Å². The van der Waals surface area contributed by atoms with Gasteiger partial charge >= 0.3 is 0 Å². The molecule has 0 saturated carbocycles. The number of nitrogens with one attached hydrogen (secondary N) is 1. The number of hydrogen-bond donors (Lipinski definition) is 1. The third-order valence-corrected chi connectivity index (χ3v) is 2.59. The van der Waals surface area contributed by atoms with Gasteiger partial charge in [0.05, 0.1) is 13.7 Å². The van der Waals surface area contributed by atoms with Gasteiger partial charge in [0, 0.05) is 24.2 Å². The van der Waals surface area contributed by atoms with Crippen molar-refractivity contribution >= 4 is 11.6 Å². The van der Waals surface area contributed by atoms with E-state index < -0.39 is 0 Å². The van der Waals surface area contributed by atoms with E-state index >= 15 is 0 Å². The van der Waals surface area contributed by atoms with Crippen molar-refractivity contribution in [2.45, 2.75) is 13.5 Å². The second-order valence-electron chi connectivity index (χ2n) is 3.45. The zero-order valence-corrected chi connectivity index (χ0v) is 11.0. The molecule has 0 heterocycles. The van der Waals surface area contributed by atoms with Crippen LogP contribution in [0.15, 0.2) is 24.8 Å². The maximum Gasteiger partial charge on any atom is 0.162 e. The van der Waals surface area contributed by atoms with Gasteiger partial charge in [-0.15, -0.1) is 6.58 Å². The minimum Gasteiger partial charge on any atom is -0.493 e. The summed E-state index contributed by atoms with van der Waals surface area (Å²) in [4.78, 5) is 0. The third-order valence-electron chi connectivity index (χ3n) is 2.24. The van der Waals surface area contributed by atoms with E-state index in [2.05, 4.69) is 11.9 Å². The number of benzene rings is 1. The third kappa shape index (κ3) is 3.95. The van der Waals surface area contributed by atoms with Crippen LogP contribution in [0.1, 0.15) is 12.5 Å². The van der Waals surface area contributed by atoms with Crippen LogP contribution in [0.25, 0.3) is 0 Å². The molecule has 1 aromatic carbocycles. The lowest BCUT2D eigenvalue weighted by Gasteiger charge is -2.13. The highest BCUT2D eigenvalue weighted by molar-refractivity contribution is 6.31. The van der Waals surface area contributed by atoms with Gasteiger partial charge in [0.25, 0.3) is 0 Å². The summed E-state index contributed by atoms with van der Waals surface area (Å²) in [7, 11) is 1.62. The highest BCUT2D eigenvalue weighted by atomic mass is 35.5. The van der Waals surface area contributed by atoms with Crippen LogP contribution in [-0.4, -0.2) is 20.3 Å². The summed E-state index contributed by atoms with van der Waals surface area (Å²) in [6.45, 7) is 7.57. The Kier molecular flexibility index (Phi) is 5.87. The lowest BCUT2D eigenvalue weighted by atomic mass is 10.2. The largest absolute Gasteiger partial charge is 0.493 e. The zero-order valence-electron chi connectivity index (χ0n) is 10.3. The van der Waals surface area contributed by atoms with Gasteiger partial charge in [-0.2, -0.15) is 0 Å². The van der Waals surface area contributed by atoms with Gasteiger partial charge in [-0.1, -0.05) is 17.7 Å². The van der Waals surface area contributed by atoms with Gasteiger partial charge in [0.2, 0.25) is 0 Å². The monoisotopic (exact) mass is 255 g/mol. The van der Waals surface area contributed by atoms with Crippen LogP contribution in [0, 0.1) is 0 Å². The first-order valence-corrected chi connectivity index (χ1v) is 5.91. The fourth-order valence-corrected chi connectivity index (χ4v) is 1.67. The van der Waals surface area contributed by atoms with Crippen LogP contribution in [0.5, 0.6) is 11.5 Å². The number of hydrogen-bond acceptors (Lipinski definition) is 3. The molecule has 0 saturated heterocycles. The molecular formula is C13H18ClNO2. The van der Waals surface area contributed by atoms with E-state index in [1.165, 1.54) is 0 Å². The minimum atomic E-state index is 0.584. The molecule has 0 aliphatic heterocycles. The maximum atomic E-state index is 6.17. The summed E-state index contributed by atoms with van der Waals surface area (Å²) >= 11 is 6.17. The van der Waals surface area contributed by atoms with Gasteiger partial charge < -0.3 is 14.8 Å². The van der Waals surface area contributed by atoms with Crippen molar-refractivity contribution in [2.75, 3.05) is 20.3 Å². The molecule has 0 atom stereocenters. The number of rotatable bonds is 7. The summed E-state index contributed by atoms with van der Waals surface area (Å²) in [6.07, 6.45) is 1.81. The molecule has 0 unspecified atom stereocenters. The molecule has 0 spiro atoms. The molecule has 0 fully saturated rings. The molecule has 0 aliphatic carbocycles. The number of methoxy groups -OCH3 is 1. The molecule has 17 heavy (non-hydrogen) atoms. The molecule has 0 radical (unpaired) electrons. The normalized spacial score (nSPS) is 10.1. The van der Waals surface area contributed by atoms with Gasteiger partial charge in [0.1, 0.15) is 0 Å². The molecule has 0 aromatic heterocycles. The van der Waals surface area contributed by atoms with Gasteiger partial charge in [-0.25, -0.2) is 0 Å². The van der Waals surface area contributed by atoms with E-state index in [1.54, 1.807) is 19.3 Å². The predicted molar refractivity (Wildman–Crippen MR) is 71.1 cm³/mol. The Morgan fingerprint density at radius 2 is 2.18 bits per heavy atom. The second-order valence-corrected chi connectivity index (χ2v) is 3.85. The molecule has 0 bridgehead atoms. The van der Waals surface area contributed by atoms with Crippen LogP contribution >= 0.6 is 11.6 Å². The van der Waals surface area contributed by atoms with Crippen molar-refractivity contribution in [1.82, 2.24) is 5.32 Å². The van der Waals surface area contributed by atoms with Crippen molar-refractivity contribution in [1.29, 1.82) is 0 Å². The quantitative estimate of drug-likeness (QED) is 0.600. The van der Waals surface area contributed by atoms with E-state index in [0.717, 1.165) is 12.1 Å². The topological polar surface area (TPSA) is 30.5 Å². The van der Waals surface area contributed by atoms with Crippen molar-refractivity contribution in [3.63, 3.8) is 0 Å². The first kappa shape index (κ1) is 13.9. The fourth-order valence-electron chi connectivity index (χ4n) is 1.45. The summed E-state index contributed by atoms with van der Waals surface area (Å²) in [5.74, 6) is 1.37. The highest BCUT2D eigenvalue weighted by Gasteiger charge is 2.09. The Morgan fingerprint density at radius 1 is 1.41 bits per heavy atom. The smallest absolute Gasteiger partial charge is 0.162 e. The minimum absolute atomic E-state index is 0.584. The number of ether oxygens (including phenoxy) is 2. The standard InChI is InChI=1S/C13H18ClNO2/c1-4-6-15-9-10-7-12(16-3)13(17-5-2)8-11(10)14/h4,7-8,15H,1,5-6,9H2,2-3H3. The summed E-state index contributed by atoms with van der Waals surface area (Å²) in [6, 6.07) is 3.68. The number of halogens is 1. The summed E-state index contributed by atoms with van der Waals surface area (Å²) < 4.78 is 10.7. The molecule has 4 heteroatoms. The van der Waals surface area contributed by atoms with E-state index in [4.69, 9.17) is 21.1 Å². The Balaban J connectivity index is 2.87. The summed E-state index contributed by atoms with van der Waals surface area (Å²) in [5.41, 5.74) is 0.980. The molecule has 94 valence electrons. The van der Waals surface area contributed by atoms with Crippen molar-refractivity contribution < 1.29 is 9.47 Å². The van der Waals surface area contributed by atoms with Gasteiger partial charge in [-0.3, -0.25) is 0 Å². The average molecular weight is 256 g/mol. The fraction of sp³-hybridized carbons (Fsp3) is 0.385.